The van der Waals surface area contributed by atoms with Crippen molar-refractivity contribution in [3.63, 3.8) is 0 Å². The standard InChI is InChI=1S/C16H21NSi/c1-17(14-15-10-6-4-7-11-15)18(2,3)16-12-8-5-9-13-16/h4-13H,14H2,1-3H3. The van der Waals surface area contributed by atoms with E-state index in [0.717, 1.165) is 6.54 Å². The van der Waals surface area contributed by atoms with Crippen LogP contribution >= 0.6 is 0 Å². The second-order valence-electron chi connectivity index (χ2n) is 5.27. The molecule has 2 aromatic carbocycles. The van der Waals surface area contributed by atoms with Crippen LogP contribution < -0.4 is 5.19 Å². The zero-order chi connectivity index (χ0) is 13.0. The Balaban J connectivity index is 2.15. The Morgan fingerprint density at radius 1 is 0.833 bits per heavy atom. The summed E-state index contributed by atoms with van der Waals surface area (Å²) in [5.74, 6) is 0. The fourth-order valence-corrected chi connectivity index (χ4v) is 4.15. The van der Waals surface area contributed by atoms with Crippen molar-refractivity contribution in [1.82, 2.24) is 4.57 Å². The molecule has 0 radical (unpaired) electrons. The van der Waals surface area contributed by atoms with E-state index < -0.39 is 8.24 Å². The van der Waals surface area contributed by atoms with E-state index in [1.165, 1.54) is 10.8 Å². The van der Waals surface area contributed by atoms with Crippen molar-refractivity contribution >= 4 is 13.4 Å². The van der Waals surface area contributed by atoms with Crippen LogP contribution in [-0.4, -0.2) is 19.8 Å². The normalized spacial score (nSPS) is 11.8. The van der Waals surface area contributed by atoms with Crippen LogP contribution in [0.3, 0.4) is 0 Å². The Bertz CT molecular complexity index is 479. The highest BCUT2D eigenvalue weighted by atomic mass is 28.3. The first-order valence-corrected chi connectivity index (χ1v) is 9.36. The Morgan fingerprint density at radius 2 is 1.33 bits per heavy atom. The fourth-order valence-electron chi connectivity index (χ4n) is 2.12. The highest BCUT2D eigenvalue weighted by Gasteiger charge is 2.28. The zero-order valence-corrected chi connectivity index (χ0v) is 12.4. The summed E-state index contributed by atoms with van der Waals surface area (Å²) >= 11 is 0. The molecular weight excluding hydrogens is 234 g/mol. The van der Waals surface area contributed by atoms with Crippen LogP contribution in [0.4, 0.5) is 0 Å². The number of nitrogens with zero attached hydrogens (tertiary/aromatic N) is 1. The summed E-state index contributed by atoms with van der Waals surface area (Å²) < 4.78 is 2.53. The van der Waals surface area contributed by atoms with E-state index in [1.807, 2.05) is 0 Å². The zero-order valence-electron chi connectivity index (χ0n) is 11.4. The second-order valence-corrected chi connectivity index (χ2v) is 9.73. The Morgan fingerprint density at radius 3 is 1.89 bits per heavy atom. The van der Waals surface area contributed by atoms with Crippen LogP contribution in [-0.2, 0) is 6.54 Å². The Kier molecular flexibility index (Phi) is 3.99. The summed E-state index contributed by atoms with van der Waals surface area (Å²) in [7, 11) is 0.710. The predicted molar refractivity (Wildman–Crippen MR) is 81.5 cm³/mol. The molecule has 0 saturated carbocycles. The molecule has 1 nitrogen and oxygen atoms in total. The third-order valence-electron chi connectivity index (χ3n) is 3.70. The van der Waals surface area contributed by atoms with Crippen molar-refractivity contribution in [2.24, 2.45) is 0 Å². The minimum atomic E-state index is -1.53. The first-order valence-electron chi connectivity index (χ1n) is 6.41. The molecule has 2 aromatic rings. The average molecular weight is 255 g/mol. The smallest absolute Gasteiger partial charge is 0.154 e. The van der Waals surface area contributed by atoms with Crippen LogP contribution in [0.2, 0.25) is 13.1 Å². The van der Waals surface area contributed by atoms with Gasteiger partial charge in [-0.1, -0.05) is 73.8 Å². The number of benzene rings is 2. The molecule has 0 bridgehead atoms. The van der Waals surface area contributed by atoms with Gasteiger partial charge in [0.25, 0.3) is 0 Å². The maximum atomic E-state index is 2.53. The minimum absolute atomic E-state index is 1.02. The third kappa shape index (κ3) is 2.89. The van der Waals surface area contributed by atoms with E-state index in [1.54, 1.807) is 0 Å². The lowest BCUT2D eigenvalue weighted by Crippen LogP contribution is -2.55. The molecule has 0 heterocycles. The van der Waals surface area contributed by atoms with Crippen LogP contribution in [0.25, 0.3) is 0 Å². The van der Waals surface area contributed by atoms with Gasteiger partial charge in [-0.25, -0.2) is 0 Å². The van der Waals surface area contributed by atoms with Crippen molar-refractivity contribution in [2.45, 2.75) is 19.6 Å². The van der Waals surface area contributed by atoms with Crippen molar-refractivity contribution in [2.75, 3.05) is 7.05 Å². The third-order valence-corrected chi connectivity index (χ3v) is 7.51. The SMILES string of the molecule is CN(Cc1ccccc1)[Si](C)(C)c1ccccc1. The summed E-state index contributed by atoms with van der Waals surface area (Å²) in [4.78, 5) is 0. The van der Waals surface area contributed by atoms with Crippen molar-refractivity contribution in [1.29, 1.82) is 0 Å². The van der Waals surface area contributed by atoms with E-state index in [-0.39, 0.29) is 0 Å². The number of hydrogen-bond acceptors (Lipinski definition) is 1. The Labute approximate surface area is 111 Å². The lowest BCUT2D eigenvalue weighted by atomic mass is 10.2. The van der Waals surface area contributed by atoms with Gasteiger partial charge in [-0.05, 0) is 17.8 Å². The van der Waals surface area contributed by atoms with Crippen LogP contribution in [0.5, 0.6) is 0 Å². The molecule has 0 aliphatic carbocycles. The summed E-state index contributed by atoms with van der Waals surface area (Å²) in [6, 6.07) is 21.6. The van der Waals surface area contributed by atoms with Gasteiger partial charge in [0.05, 0.1) is 0 Å². The van der Waals surface area contributed by atoms with E-state index in [2.05, 4.69) is 85.4 Å². The fraction of sp³-hybridized carbons (Fsp3) is 0.250. The first kappa shape index (κ1) is 13.1. The minimum Gasteiger partial charge on any atom is -0.319 e. The van der Waals surface area contributed by atoms with Gasteiger partial charge < -0.3 is 4.57 Å². The molecule has 94 valence electrons. The number of hydrogen-bond donors (Lipinski definition) is 0. The van der Waals surface area contributed by atoms with E-state index in [0.29, 0.717) is 0 Å². The van der Waals surface area contributed by atoms with Gasteiger partial charge in [-0.15, -0.1) is 0 Å². The van der Waals surface area contributed by atoms with Gasteiger partial charge in [-0.2, -0.15) is 0 Å². The molecule has 2 heteroatoms. The van der Waals surface area contributed by atoms with Crippen molar-refractivity contribution < 1.29 is 0 Å². The summed E-state index contributed by atoms with van der Waals surface area (Å²) in [5, 5.41) is 1.49. The predicted octanol–water partition coefficient (Wildman–Crippen LogP) is 3.23. The highest BCUT2D eigenvalue weighted by molar-refractivity contribution is 6.87. The van der Waals surface area contributed by atoms with Gasteiger partial charge in [-0.3, -0.25) is 0 Å². The molecule has 0 saturated heterocycles. The summed E-state index contributed by atoms with van der Waals surface area (Å²) in [5.41, 5.74) is 1.39. The second kappa shape index (κ2) is 5.51. The molecule has 18 heavy (non-hydrogen) atoms. The van der Waals surface area contributed by atoms with Crippen molar-refractivity contribution in [3.05, 3.63) is 66.2 Å². The van der Waals surface area contributed by atoms with Crippen LogP contribution in [0.1, 0.15) is 5.56 Å². The molecule has 0 N–H and O–H groups in total. The monoisotopic (exact) mass is 255 g/mol. The van der Waals surface area contributed by atoms with E-state index >= 15 is 0 Å². The molecular formula is C16H21NSi. The lowest BCUT2D eigenvalue weighted by Gasteiger charge is -2.34. The summed E-state index contributed by atoms with van der Waals surface area (Å²) in [6.45, 7) is 5.84. The molecule has 0 atom stereocenters. The van der Waals surface area contributed by atoms with E-state index in [4.69, 9.17) is 0 Å². The average Bonchev–Trinajstić information content (AvgIpc) is 2.41. The highest BCUT2D eigenvalue weighted by Crippen LogP contribution is 2.12. The molecule has 0 amide bonds. The van der Waals surface area contributed by atoms with Gasteiger partial charge in [0.15, 0.2) is 8.24 Å². The molecule has 0 fully saturated rings. The largest absolute Gasteiger partial charge is 0.319 e. The maximum Gasteiger partial charge on any atom is 0.154 e. The van der Waals surface area contributed by atoms with Gasteiger partial charge in [0, 0.05) is 6.54 Å². The molecule has 0 aliphatic heterocycles. The molecule has 0 aliphatic rings. The van der Waals surface area contributed by atoms with E-state index in [9.17, 15) is 0 Å². The lowest BCUT2D eigenvalue weighted by molar-refractivity contribution is 0.510. The number of rotatable bonds is 4. The molecule has 0 spiro atoms. The quantitative estimate of drug-likeness (QED) is 0.758. The van der Waals surface area contributed by atoms with Gasteiger partial charge in [0.1, 0.15) is 0 Å². The molecule has 0 unspecified atom stereocenters. The Hall–Kier alpha value is -1.38. The van der Waals surface area contributed by atoms with Gasteiger partial charge in [0.2, 0.25) is 0 Å². The maximum absolute atomic E-state index is 2.53. The topological polar surface area (TPSA) is 3.24 Å². The molecule has 0 aromatic heterocycles. The first-order chi connectivity index (χ1) is 8.60. The van der Waals surface area contributed by atoms with Crippen molar-refractivity contribution in [3.8, 4) is 0 Å². The van der Waals surface area contributed by atoms with Gasteiger partial charge >= 0.3 is 0 Å². The van der Waals surface area contributed by atoms with Crippen LogP contribution in [0.15, 0.2) is 60.7 Å². The van der Waals surface area contributed by atoms with Crippen LogP contribution in [0, 0.1) is 0 Å². The summed E-state index contributed by atoms with van der Waals surface area (Å²) in [6.07, 6.45) is 0. The molecule has 2 rings (SSSR count).